The quantitative estimate of drug-likeness (QED) is 0.530. The lowest BCUT2D eigenvalue weighted by Crippen LogP contribution is -2.49. The Bertz CT molecular complexity index is 720. The molecule has 0 aromatic rings. The van der Waals surface area contributed by atoms with Crippen molar-refractivity contribution in [1.82, 2.24) is 10.6 Å². The molecule has 6 atom stereocenters. The van der Waals surface area contributed by atoms with Crippen molar-refractivity contribution in [3.8, 4) is 0 Å². The smallest absolute Gasteiger partial charge is 0.311 e. The molecule has 0 amide bonds. The second kappa shape index (κ2) is 6.92. The highest BCUT2D eigenvalue weighted by Gasteiger charge is 2.54. The molecular weight excluding hydrogens is 396 g/mol. The van der Waals surface area contributed by atoms with Crippen molar-refractivity contribution in [3.63, 3.8) is 0 Å². The highest BCUT2D eigenvalue weighted by atomic mass is 32.2. The van der Waals surface area contributed by atoms with Gasteiger partial charge >= 0.3 is 11.9 Å². The van der Waals surface area contributed by atoms with Gasteiger partial charge in [-0.3, -0.25) is 9.59 Å². The minimum Gasteiger partial charge on any atom is -0.458 e. The Labute approximate surface area is 172 Å². The molecule has 6 fully saturated rings. The van der Waals surface area contributed by atoms with E-state index in [-0.39, 0.29) is 47.4 Å². The number of carbonyl (C=O) groups is 2. The first-order valence-electron chi connectivity index (χ1n) is 10.5. The number of hydrogen-bond donors (Lipinski definition) is 2. The number of sulfone groups is 1. The van der Waals surface area contributed by atoms with Gasteiger partial charge in [0.1, 0.15) is 11.2 Å². The van der Waals surface area contributed by atoms with E-state index in [2.05, 4.69) is 10.6 Å². The van der Waals surface area contributed by atoms with Crippen molar-refractivity contribution in [2.24, 2.45) is 23.7 Å². The zero-order valence-electron chi connectivity index (χ0n) is 17.6. The molecule has 29 heavy (non-hydrogen) atoms. The molecule has 6 aliphatic rings. The van der Waals surface area contributed by atoms with Gasteiger partial charge in [-0.1, -0.05) is 0 Å². The fraction of sp³-hybridized carbons (Fsp3) is 0.900. The number of rotatable bonds is 8. The maximum absolute atomic E-state index is 12.8. The fourth-order valence-electron chi connectivity index (χ4n) is 5.51. The second-order valence-corrected chi connectivity index (χ2v) is 12.5. The highest BCUT2D eigenvalue weighted by Crippen LogP contribution is 2.42. The average Bonchev–Trinajstić information content (AvgIpc) is 3.24. The Morgan fingerprint density at radius 2 is 1.21 bits per heavy atom. The summed E-state index contributed by atoms with van der Waals surface area (Å²) >= 11 is 0. The summed E-state index contributed by atoms with van der Waals surface area (Å²) in [6.07, 6.45) is 1.96. The lowest BCUT2D eigenvalue weighted by molar-refractivity contribution is -0.165. The number of esters is 2. The van der Waals surface area contributed by atoms with Crippen molar-refractivity contribution in [1.29, 1.82) is 0 Å². The topological polar surface area (TPSA) is 111 Å². The Balaban J connectivity index is 1.31. The van der Waals surface area contributed by atoms with Crippen LogP contribution in [-0.4, -0.2) is 68.2 Å². The van der Waals surface area contributed by atoms with E-state index < -0.39 is 21.0 Å². The number of fused-ring (bicyclic) bond motifs is 2. The molecule has 8 nitrogen and oxygen atoms in total. The molecule has 2 aliphatic carbocycles. The van der Waals surface area contributed by atoms with Crippen LogP contribution >= 0.6 is 0 Å². The van der Waals surface area contributed by atoms with Gasteiger partial charge in [-0.05, 0) is 65.5 Å². The van der Waals surface area contributed by atoms with Crippen molar-refractivity contribution in [3.05, 3.63) is 0 Å². The number of hydrogen-bond acceptors (Lipinski definition) is 8. The summed E-state index contributed by atoms with van der Waals surface area (Å²) < 4.78 is 36.8. The van der Waals surface area contributed by atoms with E-state index in [1.807, 2.05) is 0 Å². The summed E-state index contributed by atoms with van der Waals surface area (Å²) in [5, 5.41) is 6.53. The molecular formula is C20H32N2O6S. The van der Waals surface area contributed by atoms with Crippen molar-refractivity contribution in [2.45, 2.75) is 63.8 Å². The van der Waals surface area contributed by atoms with Crippen LogP contribution in [0.15, 0.2) is 0 Å². The van der Waals surface area contributed by atoms with Gasteiger partial charge in [-0.15, -0.1) is 0 Å². The molecule has 4 heterocycles. The van der Waals surface area contributed by atoms with Crippen molar-refractivity contribution >= 4 is 21.8 Å². The first-order chi connectivity index (χ1) is 13.4. The summed E-state index contributed by atoms with van der Waals surface area (Å²) in [6, 6.07) is 0.323. The van der Waals surface area contributed by atoms with Crippen LogP contribution in [0.2, 0.25) is 0 Å². The first-order valence-corrected chi connectivity index (χ1v) is 12.3. The molecule has 4 bridgehead atoms. The van der Waals surface area contributed by atoms with Gasteiger partial charge in [0.2, 0.25) is 0 Å². The van der Waals surface area contributed by atoms with Crippen LogP contribution in [0.5, 0.6) is 0 Å². The Morgan fingerprint density at radius 3 is 1.48 bits per heavy atom. The Hall–Kier alpha value is -1.19. The van der Waals surface area contributed by atoms with Crippen LogP contribution in [0.25, 0.3) is 0 Å². The lowest BCUT2D eigenvalue weighted by Gasteiger charge is -2.36. The van der Waals surface area contributed by atoms with Crippen LogP contribution in [-0.2, 0) is 28.9 Å². The molecule has 0 aromatic carbocycles. The van der Waals surface area contributed by atoms with Crippen LogP contribution in [0, 0.1) is 23.7 Å². The Kier molecular flexibility index (Phi) is 5.02. The molecule has 6 unspecified atom stereocenters. The molecule has 0 spiro atoms. The van der Waals surface area contributed by atoms with Crippen molar-refractivity contribution in [2.75, 3.05) is 24.6 Å². The van der Waals surface area contributed by atoms with Crippen LogP contribution in [0.4, 0.5) is 0 Å². The van der Waals surface area contributed by atoms with E-state index in [1.54, 1.807) is 27.7 Å². The zero-order chi connectivity index (χ0) is 21.2. The number of ether oxygens (including phenoxy) is 2. The summed E-state index contributed by atoms with van der Waals surface area (Å²) in [5.74, 6) is -0.993. The first kappa shape index (κ1) is 21.1. The molecule has 4 aliphatic heterocycles. The van der Waals surface area contributed by atoms with Crippen molar-refractivity contribution < 1.29 is 27.5 Å². The zero-order valence-corrected chi connectivity index (χ0v) is 18.4. The van der Waals surface area contributed by atoms with Gasteiger partial charge in [0, 0.05) is 12.1 Å². The SMILES string of the molecule is CC(C)(CS(=O)(=O)CC(C)(C)OC(=O)C1C2CNC1C2)OC(=O)C1C2CNC1C2. The summed E-state index contributed by atoms with van der Waals surface area (Å²) in [7, 11) is -3.63. The molecule has 9 heteroatoms. The summed E-state index contributed by atoms with van der Waals surface area (Å²) in [4.78, 5) is 24.9. The third kappa shape index (κ3) is 4.18. The molecule has 164 valence electrons. The maximum Gasteiger partial charge on any atom is 0.311 e. The number of nitrogens with one attached hydrogen (secondary N) is 2. The minimum atomic E-state index is -3.63. The van der Waals surface area contributed by atoms with Crippen LogP contribution < -0.4 is 10.6 Å². The minimum absolute atomic E-state index is 0.162. The van der Waals surface area contributed by atoms with E-state index in [9.17, 15) is 18.0 Å². The lowest BCUT2D eigenvalue weighted by atomic mass is 9.74. The molecule has 6 rings (SSSR count). The van der Waals surface area contributed by atoms with E-state index in [0.29, 0.717) is 11.8 Å². The number of carbonyl (C=O) groups excluding carboxylic acids is 2. The van der Waals surface area contributed by atoms with Gasteiger partial charge in [-0.25, -0.2) is 8.42 Å². The standard InChI is InChI=1S/C20H32N2O6S/c1-19(2,27-17(23)15-11-5-13(15)21-7-11)9-29(25,26)10-20(3,4)28-18(24)16-12-6-14(16)22-8-12/h11-16,21-22H,5-10H2,1-4H3. The third-order valence-electron chi connectivity index (χ3n) is 6.71. The van der Waals surface area contributed by atoms with E-state index in [1.165, 1.54) is 0 Å². The van der Waals surface area contributed by atoms with E-state index in [4.69, 9.17) is 9.47 Å². The summed E-state index contributed by atoms with van der Waals surface area (Å²) in [5.41, 5.74) is -2.27. The van der Waals surface area contributed by atoms with Crippen LogP contribution in [0.1, 0.15) is 40.5 Å². The second-order valence-electron chi connectivity index (χ2n) is 10.5. The van der Waals surface area contributed by atoms with Gasteiger partial charge in [-0.2, -0.15) is 0 Å². The Morgan fingerprint density at radius 1 is 0.828 bits per heavy atom. The predicted molar refractivity (Wildman–Crippen MR) is 106 cm³/mol. The van der Waals surface area contributed by atoms with Gasteiger partial charge in [0.05, 0.1) is 23.3 Å². The fourth-order valence-corrected chi connectivity index (χ4v) is 7.85. The maximum atomic E-state index is 12.8. The van der Waals surface area contributed by atoms with Crippen LogP contribution in [0.3, 0.4) is 0 Å². The largest absolute Gasteiger partial charge is 0.458 e. The molecule has 2 N–H and O–H groups in total. The third-order valence-corrected chi connectivity index (χ3v) is 8.98. The molecule has 0 aromatic heterocycles. The average molecular weight is 429 g/mol. The van der Waals surface area contributed by atoms with Gasteiger partial charge < -0.3 is 20.1 Å². The monoisotopic (exact) mass is 428 g/mol. The molecule has 0 radical (unpaired) electrons. The van der Waals surface area contributed by atoms with Gasteiger partial charge in [0.25, 0.3) is 0 Å². The van der Waals surface area contributed by atoms with E-state index in [0.717, 1.165) is 25.9 Å². The predicted octanol–water partition coefficient (Wildman–Crippen LogP) is 0.261. The highest BCUT2D eigenvalue weighted by molar-refractivity contribution is 7.91. The van der Waals surface area contributed by atoms with Gasteiger partial charge in [0.15, 0.2) is 9.84 Å². The molecule has 4 saturated heterocycles. The molecule has 2 saturated carbocycles. The normalized spacial score (nSPS) is 35.6. The van der Waals surface area contributed by atoms with E-state index >= 15 is 0 Å². The summed E-state index contributed by atoms with van der Waals surface area (Å²) in [6.45, 7) is 8.11.